The molecule has 1 atom stereocenters. The lowest BCUT2D eigenvalue weighted by atomic mass is 9.50. The molecule has 0 spiro atoms. The Kier molecular flexibility index (Phi) is 6.93. The van der Waals surface area contributed by atoms with Crippen molar-refractivity contribution in [2.75, 3.05) is 6.61 Å². The smallest absolute Gasteiger partial charge is 0.344 e. The van der Waals surface area contributed by atoms with Crippen LogP contribution in [0.2, 0.25) is 0 Å². The van der Waals surface area contributed by atoms with Crippen LogP contribution in [0.25, 0.3) is 0 Å². The Bertz CT molecular complexity index is 1070. The lowest BCUT2D eigenvalue weighted by Gasteiger charge is -2.59. The molecule has 4 saturated carbocycles. The van der Waals surface area contributed by atoms with Crippen LogP contribution in [-0.2, 0) is 20.4 Å². The standard InChI is InChI=1S/C31H35O3S/c1-4-9-27(5-2)35(28-10-7-6-8-11-28)29-14-12-26(13-15-29)33-21-30(32)34-31(3)24-17-22-16-23(19-24)20-25(31)18-22/h4-15,22-25H,1-2,16-21H2,3H3/q+1/b27-9+. The molecule has 35 heavy (non-hydrogen) atoms. The quantitative estimate of drug-likeness (QED) is 0.215. The Labute approximate surface area is 212 Å². The number of allylic oxidation sites excluding steroid dienone is 3. The Balaban J connectivity index is 1.24. The summed E-state index contributed by atoms with van der Waals surface area (Å²) in [6.45, 7) is 9.99. The SMILES string of the molecule is C=C/C=C(\C=C)[S+](c1ccccc1)c1ccc(OCC(=O)OC2(C)C3CC4CC(C3)CC2C4)cc1. The Morgan fingerprint density at radius 1 is 0.943 bits per heavy atom. The normalized spacial score (nSPS) is 29.9. The first-order chi connectivity index (χ1) is 17.0. The summed E-state index contributed by atoms with van der Waals surface area (Å²) in [7, 11) is -0.298. The molecule has 0 aliphatic heterocycles. The zero-order chi connectivity index (χ0) is 24.4. The van der Waals surface area contributed by atoms with Crippen LogP contribution in [0.15, 0.2) is 101 Å². The number of hydrogen-bond donors (Lipinski definition) is 0. The Morgan fingerprint density at radius 2 is 1.54 bits per heavy atom. The predicted octanol–water partition coefficient (Wildman–Crippen LogP) is 7.12. The summed E-state index contributed by atoms with van der Waals surface area (Å²) in [5, 5.41) is 0. The predicted molar refractivity (Wildman–Crippen MR) is 142 cm³/mol. The summed E-state index contributed by atoms with van der Waals surface area (Å²) in [5.74, 6) is 3.15. The number of hydrogen-bond acceptors (Lipinski definition) is 3. The van der Waals surface area contributed by atoms with Crippen molar-refractivity contribution < 1.29 is 14.3 Å². The molecule has 3 nitrogen and oxygen atoms in total. The second-order valence-corrected chi connectivity index (χ2v) is 12.4. The number of carbonyl (C=O) groups excluding carboxylic acids is 1. The molecule has 4 aliphatic rings. The fourth-order valence-corrected chi connectivity index (χ4v) is 8.73. The molecule has 4 heteroatoms. The van der Waals surface area contributed by atoms with E-state index in [4.69, 9.17) is 9.47 Å². The summed E-state index contributed by atoms with van der Waals surface area (Å²) in [4.78, 5) is 16.3. The van der Waals surface area contributed by atoms with Gasteiger partial charge in [0.05, 0.1) is 10.9 Å². The van der Waals surface area contributed by atoms with E-state index in [1.165, 1.54) is 37.0 Å². The fraction of sp³-hybridized carbons (Fsp3) is 0.387. The van der Waals surface area contributed by atoms with Crippen molar-refractivity contribution in [3.8, 4) is 5.75 Å². The molecule has 1 unspecified atom stereocenters. The van der Waals surface area contributed by atoms with Gasteiger partial charge in [-0.2, -0.15) is 0 Å². The minimum absolute atomic E-state index is 0.0556. The topological polar surface area (TPSA) is 35.5 Å². The van der Waals surface area contributed by atoms with Gasteiger partial charge in [0.25, 0.3) is 0 Å². The summed E-state index contributed by atoms with van der Waals surface area (Å²) >= 11 is 0. The van der Waals surface area contributed by atoms with Gasteiger partial charge in [-0.15, -0.1) is 0 Å². The first kappa shape index (κ1) is 24.0. The van der Waals surface area contributed by atoms with Crippen LogP contribution >= 0.6 is 0 Å². The van der Waals surface area contributed by atoms with Crippen LogP contribution in [0.4, 0.5) is 0 Å². The molecule has 182 valence electrons. The van der Waals surface area contributed by atoms with Crippen LogP contribution < -0.4 is 4.74 Å². The largest absolute Gasteiger partial charge is 0.482 e. The van der Waals surface area contributed by atoms with Gasteiger partial charge < -0.3 is 9.47 Å². The zero-order valence-corrected chi connectivity index (χ0v) is 21.3. The molecule has 0 aromatic heterocycles. The second-order valence-electron chi connectivity index (χ2n) is 10.4. The molecule has 2 aromatic rings. The van der Waals surface area contributed by atoms with E-state index in [1.54, 1.807) is 6.08 Å². The summed E-state index contributed by atoms with van der Waals surface area (Å²) in [5.41, 5.74) is -0.319. The maximum absolute atomic E-state index is 12.8. The number of ether oxygens (including phenoxy) is 2. The minimum atomic E-state index is -0.319. The van der Waals surface area contributed by atoms with Gasteiger partial charge in [-0.05, 0) is 111 Å². The van der Waals surface area contributed by atoms with E-state index < -0.39 is 0 Å². The number of benzene rings is 2. The van der Waals surface area contributed by atoms with Crippen LogP contribution in [-0.4, -0.2) is 18.2 Å². The third-order valence-electron chi connectivity index (χ3n) is 8.21. The first-order valence-electron chi connectivity index (χ1n) is 12.7. The summed E-state index contributed by atoms with van der Waals surface area (Å²) in [6.07, 6.45) is 12.0. The average Bonchev–Trinajstić information content (AvgIpc) is 2.87. The van der Waals surface area contributed by atoms with Gasteiger partial charge in [0.1, 0.15) is 11.4 Å². The fourth-order valence-electron chi connectivity index (χ4n) is 6.68. The number of carbonyl (C=O) groups is 1. The molecule has 0 saturated heterocycles. The molecule has 6 rings (SSSR count). The van der Waals surface area contributed by atoms with E-state index in [-0.39, 0.29) is 29.1 Å². The Hall–Kier alpha value is -2.72. The van der Waals surface area contributed by atoms with E-state index >= 15 is 0 Å². The maximum atomic E-state index is 12.8. The third-order valence-corrected chi connectivity index (χ3v) is 10.5. The molecule has 0 amide bonds. The van der Waals surface area contributed by atoms with Gasteiger partial charge in [-0.25, -0.2) is 4.79 Å². The van der Waals surface area contributed by atoms with E-state index in [0.717, 1.165) is 21.6 Å². The van der Waals surface area contributed by atoms with E-state index in [0.29, 0.717) is 17.6 Å². The minimum Gasteiger partial charge on any atom is -0.482 e. The summed E-state index contributed by atoms with van der Waals surface area (Å²) < 4.78 is 12.0. The highest BCUT2D eigenvalue weighted by Crippen LogP contribution is 2.59. The first-order valence-corrected chi connectivity index (χ1v) is 13.9. The number of esters is 1. The monoisotopic (exact) mass is 487 g/mol. The van der Waals surface area contributed by atoms with E-state index in [9.17, 15) is 4.79 Å². The van der Waals surface area contributed by atoms with Crippen molar-refractivity contribution in [3.63, 3.8) is 0 Å². The maximum Gasteiger partial charge on any atom is 0.344 e. The zero-order valence-electron chi connectivity index (χ0n) is 20.5. The van der Waals surface area contributed by atoms with E-state index in [1.807, 2.05) is 30.4 Å². The molecular weight excluding hydrogens is 452 g/mol. The molecule has 2 aromatic carbocycles. The van der Waals surface area contributed by atoms with Crippen LogP contribution in [0.5, 0.6) is 5.75 Å². The van der Waals surface area contributed by atoms with Gasteiger partial charge in [-0.3, -0.25) is 0 Å². The highest BCUT2D eigenvalue weighted by atomic mass is 32.2. The Morgan fingerprint density at radius 3 is 2.11 bits per heavy atom. The van der Waals surface area contributed by atoms with Crippen molar-refractivity contribution in [3.05, 3.63) is 90.9 Å². The molecule has 0 heterocycles. The molecule has 4 fully saturated rings. The molecule has 4 aliphatic carbocycles. The van der Waals surface area contributed by atoms with Crippen molar-refractivity contribution in [2.24, 2.45) is 23.7 Å². The number of rotatable bonds is 9. The molecule has 0 radical (unpaired) electrons. The van der Waals surface area contributed by atoms with Crippen molar-refractivity contribution >= 4 is 16.9 Å². The van der Waals surface area contributed by atoms with Gasteiger partial charge >= 0.3 is 5.97 Å². The van der Waals surface area contributed by atoms with Gasteiger partial charge in [0, 0.05) is 0 Å². The van der Waals surface area contributed by atoms with Crippen LogP contribution in [0.1, 0.15) is 39.0 Å². The lowest BCUT2D eigenvalue weighted by molar-refractivity contribution is -0.204. The van der Waals surface area contributed by atoms with Crippen molar-refractivity contribution in [1.82, 2.24) is 0 Å². The van der Waals surface area contributed by atoms with Gasteiger partial charge in [0.15, 0.2) is 21.3 Å². The highest BCUT2D eigenvalue weighted by molar-refractivity contribution is 8.00. The van der Waals surface area contributed by atoms with Crippen molar-refractivity contribution in [2.45, 2.75) is 54.4 Å². The third kappa shape index (κ3) is 4.86. The molecule has 0 N–H and O–H groups in total. The van der Waals surface area contributed by atoms with Crippen LogP contribution in [0.3, 0.4) is 0 Å². The highest BCUT2D eigenvalue weighted by Gasteiger charge is 2.57. The van der Waals surface area contributed by atoms with Gasteiger partial charge in [-0.1, -0.05) is 37.4 Å². The average molecular weight is 488 g/mol. The van der Waals surface area contributed by atoms with E-state index in [2.05, 4.69) is 56.5 Å². The summed E-state index contributed by atoms with van der Waals surface area (Å²) in [6, 6.07) is 18.4. The van der Waals surface area contributed by atoms with Crippen molar-refractivity contribution in [1.29, 1.82) is 0 Å². The second kappa shape index (κ2) is 10.1. The lowest BCUT2D eigenvalue weighted by Crippen LogP contribution is -2.58. The van der Waals surface area contributed by atoms with Crippen LogP contribution in [0, 0.1) is 23.7 Å². The molecular formula is C31H35O3S+. The molecule has 4 bridgehead atoms. The van der Waals surface area contributed by atoms with Gasteiger partial charge in [0.2, 0.25) is 0 Å².